The van der Waals surface area contributed by atoms with E-state index in [1.807, 2.05) is 79.7 Å². The van der Waals surface area contributed by atoms with Crippen LogP contribution in [0.1, 0.15) is 29.1 Å². The first-order valence-electron chi connectivity index (χ1n) is 7.99. The zero-order valence-corrected chi connectivity index (χ0v) is 13.3. The second-order valence-corrected chi connectivity index (χ2v) is 5.94. The van der Waals surface area contributed by atoms with Crippen LogP contribution in [0.15, 0.2) is 77.2 Å². The smallest absolute Gasteiger partial charge is 0.251 e. The van der Waals surface area contributed by atoms with Gasteiger partial charge in [0.05, 0.1) is 6.04 Å². The van der Waals surface area contributed by atoms with Gasteiger partial charge in [0.25, 0.3) is 5.91 Å². The highest BCUT2D eigenvalue weighted by Crippen LogP contribution is 2.24. The average Bonchev–Trinajstić information content (AvgIpc) is 3.05. The number of carbonyl (C=O) groups is 1. The standard InChI is InChI=1S/C21H17NO2/c1-14(20-13-17-8-4-5-9-19(17)24-20)22-21(23)18-11-10-15-6-2-3-7-16(15)12-18/h2-14H,1H3,(H,22,23)/t14-/m0/s1. The lowest BCUT2D eigenvalue weighted by Gasteiger charge is -2.12. The number of fused-ring (bicyclic) bond motifs is 2. The van der Waals surface area contributed by atoms with E-state index in [1.165, 1.54) is 0 Å². The molecule has 0 saturated heterocycles. The topological polar surface area (TPSA) is 42.2 Å². The molecule has 4 rings (SSSR count). The number of furan rings is 1. The van der Waals surface area contributed by atoms with Crippen molar-refractivity contribution in [1.29, 1.82) is 0 Å². The van der Waals surface area contributed by atoms with Crippen molar-refractivity contribution in [3.05, 3.63) is 84.1 Å². The van der Waals surface area contributed by atoms with E-state index >= 15 is 0 Å². The third-order valence-corrected chi connectivity index (χ3v) is 4.23. The first kappa shape index (κ1) is 14.5. The summed E-state index contributed by atoms with van der Waals surface area (Å²) in [4.78, 5) is 12.5. The van der Waals surface area contributed by atoms with Crippen molar-refractivity contribution >= 4 is 27.6 Å². The third kappa shape index (κ3) is 2.65. The Balaban J connectivity index is 1.57. The first-order chi connectivity index (χ1) is 11.7. The van der Waals surface area contributed by atoms with E-state index in [2.05, 4.69) is 5.32 Å². The molecule has 1 aromatic heterocycles. The lowest BCUT2D eigenvalue weighted by molar-refractivity contribution is 0.0936. The lowest BCUT2D eigenvalue weighted by Crippen LogP contribution is -2.26. The van der Waals surface area contributed by atoms with Gasteiger partial charge in [-0.2, -0.15) is 0 Å². The summed E-state index contributed by atoms with van der Waals surface area (Å²) in [6.07, 6.45) is 0. The van der Waals surface area contributed by atoms with Crippen LogP contribution in [0.25, 0.3) is 21.7 Å². The molecule has 0 aliphatic heterocycles. The fourth-order valence-electron chi connectivity index (χ4n) is 2.90. The van der Waals surface area contributed by atoms with Gasteiger partial charge >= 0.3 is 0 Å². The van der Waals surface area contributed by atoms with Crippen molar-refractivity contribution in [2.75, 3.05) is 0 Å². The molecule has 0 bridgehead atoms. The summed E-state index contributed by atoms with van der Waals surface area (Å²) >= 11 is 0. The minimum atomic E-state index is -0.198. The second-order valence-electron chi connectivity index (χ2n) is 5.94. The molecule has 0 aliphatic rings. The molecule has 0 aliphatic carbocycles. The van der Waals surface area contributed by atoms with Crippen LogP contribution in [0.4, 0.5) is 0 Å². The summed E-state index contributed by atoms with van der Waals surface area (Å²) in [6.45, 7) is 1.93. The number of hydrogen-bond donors (Lipinski definition) is 1. The van der Waals surface area contributed by atoms with Crippen LogP contribution in [0.5, 0.6) is 0 Å². The predicted molar refractivity (Wildman–Crippen MR) is 96.0 cm³/mol. The van der Waals surface area contributed by atoms with Gasteiger partial charge < -0.3 is 9.73 Å². The summed E-state index contributed by atoms with van der Waals surface area (Å²) < 4.78 is 5.82. The molecular formula is C21H17NO2. The van der Waals surface area contributed by atoms with Gasteiger partial charge in [0.15, 0.2) is 0 Å². The highest BCUT2D eigenvalue weighted by atomic mass is 16.3. The van der Waals surface area contributed by atoms with Crippen molar-refractivity contribution < 1.29 is 9.21 Å². The molecule has 1 atom stereocenters. The lowest BCUT2D eigenvalue weighted by atomic mass is 10.1. The molecule has 118 valence electrons. The van der Waals surface area contributed by atoms with Crippen LogP contribution in [0.2, 0.25) is 0 Å². The highest BCUT2D eigenvalue weighted by Gasteiger charge is 2.15. The monoisotopic (exact) mass is 315 g/mol. The molecule has 0 radical (unpaired) electrons. The number of hydrogen-bond acceptors (Lipinski definition) is 2. The van der Waals surface area contributed by atoms with Crippen LogP contribution in [-0.4, -0.2) is 5.91 Å². The van der Waals surface area contributed by atoms with E-state index in [0.29, 0.717) is 5.56 Å². The Morgan fingerprint density at radius 2 is 1.58 bits per heavy atom. The molecule has 3 heteroatoms. The van der Waals surface area contributed by atoms with Gasteiger partial charge in [0, 0.05) is 10.9 Å². The summed E-state index contributed by atoms with van der Waals surface area (Å²) in [5.74, 6) is 0.652. The molecule has 1 amide bonds. The molecule has 0 spiro atoms. The van der Waals surface area contributed by atoms with Crippen LogP contribution in [0, 0.1) is 0 Å². The van der Waals surface area contributed by atoms with E-state index in [0.717, 1.165) is 27.5 Å². The number of carbonyl (C=O) groups excluding carboxylic acids is 1. The Morgan fingerprint density at radius 1 is 0.875 bits per heavy atom. The second kappa shape index (κ2) is 5.85. The molecule has 0 saturated carbocycles. The van der Waals surface area contributed by atoms with Crippen molar-refractivity contribution in [3.8, 4) is 0 Å². The number of para-hydroxylation sites is 1. The maximum absolute atomic E-state index is 12.5. The van der Waals surface area contributed by atoms with Crippen LogP contribution in [-0.2, 0) is 0 Å². The van der Waals surface area contributed by atoms with E-state index < -0.39 is 0 Å². The van der Waals surface area contributed by atoms with Gasteiger partial charge in [0.1, 0.15) is 11.3 Å². The molecular weight excluding hydrogens is 298 g/mol. The normalized spacial score (nSPS) is 12.4. The third-order valence-electron chi connectivity index (χ3n) is 4.23. The van der Waals surface area contributed by atoms with Gasteiger partial charge in [-0.1, -0.05) is 48.5 Å². The van der Waals surface area contributed by atoms with Gasteiger partial charge in [-0.05, 0) is 42.0 Å². The van der Waals surface area contributed by atoms with Gasteiger partial charge in [-0.15, -0.1) is 0 Å². The SMILES string of the molecule is C[C@H](NC(=O)c1ccc2ccccc2c1)c1cc2ccccc2o1. The molecule has 4 aromatic rings. The van der Waals surface area contributed by atoms with E-state index in [9.17, 15) is 4.79 Å². The Hall–Kier alpha value is -3.07. The fourth-order valence-corrected chi connectivity index (χ4v) is 2.90. The predicted octanol–water partition coefficient (Wildman–Crippen LogP) is 5.08. The molecule has 0 unspecified atom stereocenters. The molecule has 24 heavy (non-hydrogen) atoms. The summed E-state index contributed by atoms with van der Waals surface area (Å²) in [5.41, 5.74) is 1.48. The number of rotatable bonds is 3. The van der Waals surface area contributed by atoms with Gasteiger partial charge in [-0.3, -0.25) is 4.79 Å². The minimum Gasteiger partial charge on any atom is -0.459 e. The maximum Gasteiger partial charge on any atom is 0.251 e. The molecule has 1 heterocycles. The van der Waals surface area contributed by atoms with Gasteiger partial charge in [0.2, 0.25) is 0 Å². The summed E-state index contributed by atoms with van der Waals surface area (Å²) in [5, 5.41) is 6.23. The Kier molecular flexibility index (Phi) is 3.54. The zero-order chi connectivity index (χ0) is 16.5. The zero-order valence-electron chi connectivity index (χ0n) is 13.3. The largest absolute Gasteiger partial charge is 0.459 e. The van der Waals surface area contributed by atoms with E-state index in [1.54, 1.807) is 0 Å². The van der Waals surface area contributed by atoms with Crippen molar-refractivity contribution in [2.45, 2.75) is 13.0 Å². The highest BCUT2D eigenvalue weighted by molar-refractivity contribution is 5.98. The molecule has 0 fully saturated rings. The van der Waals surface area contributed by atoms with E-state index in [-0.39, 0.29) is 11.9 Å². The van der Waals surface area contributed by atoms with Crippen molar-refractivity contribution in [2.24, 2.45) is 0 Å². The molecule has 3 nitrogen and oxygen atoms in total. The fraction of sp³-hybridized carbons (Fsp3) is 0.0952. The molecule has 3 aromatic carbocycles. The van der Waals surface area contributed by atoms with Crippen molar-refractivity contribution in [3.63, 3.8) is 0 Å². The summed E-state index contributed by atoms with van der Waals surface area (Å²) in [6, 6.07) is 23.4. The Morgan fingerprint density at radius 3 is 2.38 bits per heavy atom. The average molecular weight is 315 g/mol. The van der Waals surface area contributed by atoms with Crippen LogP contribution >= 0.6 is 0 Å². The molecule has 1 N–H and O–H groups in total. The number of amides is 1. The Bertz CT molecular complexity index is 999. The van der Waals surface area contributed by atoms with E-state index in [4.69, 9.17) is 4.42 Å². The summed E-state index contributed by atoms with van der Waals surface area (Å²) in [7, 11) is 0. The number of benzene rings is 3. The van der Waals surface area contributed by atoms with Crippen LogP contribution < -0.4 is 5.32 Å². The van der Waals surface area contributed by atoms with Crippen molar-refractivity contribution in [1.82, 2.24) is 5.32 Å². The minimum absolute atomic E-state index is 0.103. The Labute approximate surface area is 139 Å². The quantitative estimate of drug-likeness (QED) is 0.573. The van der Waals surface area contributed by atoms with Gasteiger partial charge in [-0.25, -0.2) is 0 Å². The number of nitrogens with one attached hydrogen (secondary N) is 1. The van der Waals surface area contributed by atoms with Crippen LogP contribution in [0.3, 0.4) is 0 Å². The maximum atomic E-state index is 12.5. The first-order valence-corrected chi connectivity index (χ1v) is 7.99.